The van der Waals surface area contributed by atoms with E-state index in [2.05, 4.69) is 10.1 Å². The second-order valence-electron chi connectivity index (χ2n) is 3.37. The summed E-state index contributed by atoms with van der Waals surface area (Å²) in [5.74, 6) is -0.921. The normalized spacial score (nSPS) is 11.5. The number of pyridine rings is 1. The van der Waals surface area contributed by atoms with E-state index in [1.165, 1.54) is 24.4 Å². The van der Waals surface area contributed by atoms with Crippen molar-refractivity contribution < 1.29 is 18.0 Å². The zero-order valence-corrected chi connectivity index (χ0v) is 8.85. The highest BCUT2D eigenvalue weighted by atomic mass is 19.4. The lowest BCUT2D eigenvalue weighted by molar-refractivity contribution is -0.141. The Morgan fingerprint density at radius 2 is 2.00 bits per heavy atom. The minimum absolute atomic E-state index is 0.0400. The molecule has 2 N–H and O–H groups in total. The Labute approximate surface area is 99.0 Å². The van der Waals surface area contributed by atoms with Crippen molar-refractivity contribution in [3.63, 3.8) is 0 Å². The Bertz CT molecular complexity index is 591. The monoisotopic (exact) mass is 256 g/mol. The fourth-order valence-corrected chi connectivity index (χ4v) is 1.37. The van der Waals surface area contributed by atoms with Crippen molar-refractivity contribution in [2.45, 2.75) is 6.18 Å². The molecule has 0 atom stereocenters. The van der Waals surface area contributed by atoms with Crippen molar-refractivity contribution in [2.75, 3.05) is 0 Å². The number of aromatic nitrogens is 3. The molecule has 0 aromatic carbocycles. The molecule has 2 heterocycles. The molecule has 0 aliphatic rings. The van der Waals surface area contributed by atoms with Crippen LogP contribution in [0.1, 0.15) is 16.2 Å². The standard InChI is InChI=1S/C10H7F3N4O/c11-10(12,13)7-2-1-3-8(16-7)17-6(9(14)18)4-5-15-17/h1-5H,(H2,14,18). The number of alkyl halides is 3. The number of nitrogens with zero attached hydrogens (tertiary/aromatic N) is 3. The predicted octanol–water partition coefficient (Wildman–Crippen LogP) is 1.38. The number of rotatable bonds is 2. The largest absolute Gasteiger partial charge is 0.433 e. The first-order chi connectivity index (χ1) is 8.39. The van der Waals surface area contributed by atoms with Gasteiger partial charge in [-0.3, -0.25) is 4.79 Å². The van der Waals surface area contributed by atoms with Crippen LogP contribution in [0.3, 0.4) is 0 Å². The zero-order valence-electron chi connectivity index (χ0n) is 8.85. The van der Waals surface area contributed by atoms with Crippen LogP contribution in [-0.4, -0.2) is 20.7 Å². The van der Waals surface area contributed by atoms with Crippen molar-refractivity contribution in [3.05, 3.63) is 41.9 Å². The van der Waals surface area contributed by atoms with Crippen molar-refractivity contribution in [2.24, 2.45) is 5.73 Å². The maximum atomic E-state index is 12.5. The summed E-state index contributed by atoms with van der Waals surface area (Å²) in [6, 6.07) is 4.60. The highest BCUT2D eigenvalue weighted by Crippen LogP contribution is 2.27. The molecule has 0 fully saturated rings. The van der Waals surface area contributed by atoms with Gasteiger partial charge in [0.2, 0.25) is 0 Å². The van der Waals surface area contributed by atoms with Crippen molar-refractivity contribution in [1.29, 1.82) is 0 Å². The minimum atomic E-state index is -4.56. The minimum Gasteiger partial charge on any atom is -0.364 e. The maximum Gasteiger partial charge on any atom is 0.433 e. The van der Waals surface area contributed by atoms with Gasteiger partial charge in [0.25, 0.3) is 5.91 Å². The highest BCUT2D eigenvalue weighted by Gasteiger charge is 2.32. The Morgan fingerprint density at radius 1 is 1.28 bits per heavy atom. The lowest BCUT2D eigenvalue weighted by Crippen LogP contribution is -2.18. The molecule has 2 rings (SSSR count). The van der Waals surface area contributed by atoms with Crippen molar-refractivity contribution >= 4 is 5.91 Å². The molecule has 18 heavy (non-hydrogen) atoms. The van der Waals surface area contributed by atoms with Crippen LogP contribution >= 0.6 is 0 Å². The van der Waals surface area contributed by atoms with Gasteiger partial charge in [0.15, 0.2) is 5.82 Å². The first kappa shape index (κ1) is 12.1. The second kappa shape index (κ2) is 4.13. The molecule has 0 aliphatic carbocycles. The van der Waals surface area contributed by atoms with Gasteiger partial charge in [-0.05, 0) is 18.2 Å². The van der Waals surface area contributed by atoms with Crippen LogP contribution < -0.4 is 5.73 Å². The summed E-state index contributed by atoms with van der Waals surface area (Å²) in [5.41, 5.74) is 3.97. The molecule has 0 aliphatic heterocycles. The molecule has 1 amide bonds. The average Bonchev–Trinajstić information content (AvgIpc) is 2.77. The first-order valence-electron chi connectivity index (χ1n) is 4.78. The van der Waals surface area contributed by atoms with E-state index in [0.29, 0.717) is 0 Å². The number of nitrogens with two attached hydrogens (primary N) is 1. The molecule has 2 aromatic rings. The summed E-state index contributed by atoms with van der Waals surface area (Å²) >= 11 is 0. The van der Waals surface area contributed by atoms with Crippen LogP contribution in [0.5, 0.6) is 0 Å². The number of halogens is 3. The van der Waals surface area contributed by atoms with E-state index in [4.69, 9.17) is 5.73 Å². The number of amides is 1. The summed E-state index contributed by atoms with van der Waals surface area (Å²) in [7, 11) is 0. The molecule has 0 saturated heterocycles. The van der Waals surface area contributed by atoms with Crippen LogP contribution in [0.25, 0.3) is 5.82 Å². The van der Waals surface area contributed by atoms with E-state index < -0.39 is 17.8 Å². The van der Waals surface area contributed by atoms with Gasteiger partial charge in [0.05, 0.1) is 6.20 Å². The van der Waals surface area contributed by atoms with Crippen LogP contribution in [0, 0.1) is 0 Å². The Balaban J connectivity index is 2.52. The van der Waals surface area contributed by atoms with Crippen LogP contribution in [0.4, 0.5) is 13.2 Å². The first-order valence-corrected chi connectivity index (χ1v) is 4.78. The van der Waals surface area contributed by atoms with Crippen LogP contribution in [-0.2, 0) is 6.18 Å². The summed E-state index contributed by atoms with van der Waals surface area (Å²) in [6.45, 7) is 0. The third-order valence-electron chi connectivity index (χ3n) is 2.14. The molecular weight excluding hydrogens is 249 g/mol. The lowest BCUT2D eigenvalue weighted by Gasteiger charge is -2.08. The van der Waals surface area contributed by atoms with E-state index in [9.17, 15) is 18.0 Å². The molecule has 0 bridgehead atoms. The molecule has 0 spiro atoms. The van der Waals surface area contributed by atoms with Gasteiger partial charge >= 0.3 is 6.18 Å². The van der Waals surface area contributed by atoms with Crippen LogP contribution in [0.15, 0.2) is 30.5 Å². The Hall–Kier alpha value is -2.38. The SMILES string of the molecule is NC(=O)c1ccnn1-c1cccc(C(F)(F)F)n1. The van der Waals surface area contributed by atoms with Crippen molar-refractivity contribution in [3.8, 4) is 5.82 Å². The molecule has 0 radical (unpaired) electrons. The number of hydrogen-bond donors (Lipinski definition) is 1. The van der Waals surface area contributed by atoms with E-state index in [-0.39, 0.29) is 11.5 Å². The zero-order chi connectivity index (χ0) is 13.3. The average molecular weight is 256 g/mol. The summed E-state index contributed by atoms with van der Waals surface area (Å²) < 4.78 is 38.4. The molecule has 8 heteroatoms. The molecule has 5 nitrogen and oxygen atoms in total. The highest BCUT2D eigenvalue weighted by molar-refractivity contribution is 5.91. The van der Waals surface area contributed by atoms with E-state index in [1.54, 1.807) is 0 Å². The van der Waals surface area contributed by atoms with Gasteiger partial charge in [-0.1, -0.05) is 6.07 Å². The van der Waals surface area contributed by atoms with Crippen LogP contribution in [0.2, 0.25) is 0 Å². The topological polar surface area (TPSA) is 73.8 Å². The molecule has 2 aromatic heterocycles. The van der Waals surface area contributed by atoms with Gasteiger partial charge in [-0.25, -0.2) is 9.67 Å². The molecule has 94 valence electrons. The van der Waals surface area contributed by atoms with Gasteiger partial charge in [0.1, 0.15) is 11.4 Å². The Morgan fingerprint density at radius 3 is 2.61 bits per heavy atom. The number of primary amides is 1. The fraction of sp³-hybridized carbons (Fsp3) is 0.100. The predicted molar refractivity (Wildman–Crippen MR) is 54.9 cm³/mol. The lowest BCUT2D eigenvalue weighted by atomic mass is 10.3. The fourth-order valence-electron chi connectivity index (χ4n) is 1.37. The number of carbonyl (C=O) groups is 1. The molecular formula is C10H7F3N4O. The smallest absolute Gasteiger partial charge is 0.364 e. The number of hydrogen-bond acceptors (Lipinski definition) is 3. The van der Waals surface area contributed by atoms with E-state index in [1.807, 2.05) is 0 Å². The molecule has 0 unspecified atom stereocenters. The second-order valence-corrected chi connectivity index (χ2v) is 3.37. The summed E-state index contributed by atoms with van der Waals surface area (Å²) in [6.07, 6.45) is -3.31. The quantitative estimate of drug-likeness (QED) is 0.882. The van der Waals surface area contributed by atoms with Gasteiger partial charge in [0, 0.05) is 0 Å². The van der Waals surface area contributed by atoms with Crippen molar-refractivity contribution in [1.82, 2.24) is 14.8 Å². The third kappa shape index (κ3) is 2.17. The number of carbonyl (C=O) groups excluding carboxylic acids is 1. The third-order valence-corrected chi connectivity index (χ3v) is 2.14. The van der Waals surface area contributed by atoms with E-state index >= 15 is 0 Å². The van der Waals surface area contributed by atoms with Gasteiger partial charge < -0.3 is 5.73 Å². The maximum absolute atomic E-state index is 12.5. The van der Waals surface area contributed by atoms with Gasteiger partial charge in [-0.15, -0.1) is 0 Å². The Kier molecular flexibility index (Phi) is 2.77. The summed E-state index contributed by atoms with van der Waals surface area (Å²) in [5, 5.41) is 3.72. The van der Waals surface area contributed by atoms with E-state index in [0.717, 1.165) is 10.7 Å². The summed E-state index contributed by atoms with van der Waals surface area (Å²) in [4.78, 5) is 14.4. The molecule has 0 saturated carbocycles. The van der Waals surface area contributed by atoms with Gasteiger partial charge in [-0.2, -0.15) is 18.3 Å².